The molecule has 1 aliphatic rings. The van der Waals surface area contributed by atoms with Crippen molar-refractivity contribution in [2.75, 3.05) is 12.4 Å². The van der Waals surface area contributed by atoms with Crippen molar-refractivity contribution in [3.8, 4) is 5.75 Å². The molecule has 1 aliphatic carbocycles. The molecule has 0 saturated heterocycles. The summed E-state index contributed by atoms with van der Waals surface area (Å²) in [6.07, 6.45) is 2.43. The number of sulfonamides is 1. The molecular formula is C20H20N4O4S2. The summed E-state index contributed by atoms with van der Waals surface area (Å²) in [7, 11) is -2.28. The Morgan fingerprint density at radius 2 is 1.97 bits per heavy atom. The molecule has 156 valence electrons. The molecule has 0 saturated carbocycles. The van der Waals surface area contributed by atoms with Crippen LogP contribution in [0.3, 0.4) is 0 Å². The number of aryl methyl sites for hydroxylation is 1. The first-order chi connectivity index (χ1) is 14.5. The number of aromatic nitrogens is 2. The van der Waals surface area contributed by atoms with E-state index in [1.807, 2.05) is 18.2 Å². The van der Waals surface area contributed by atoms with Crippen LogP contribution in [0.1, 0.15) is 40.4 Å². The topological polar surface area (TPSA) is 110 Å². The Bertz CT molecular complexity index is 1160. The van der Waals surface area contributed by atoms with Crippen molar-refractivity contribution in [3.63, 3.8) is 0 Å². The van der Waals surface area contributed by atoms with Gasteiger partial charge in [0.1, 0.15) is 5.75 Å². The summed E-state index contributed by atoms with van der Waals surface area (Å²) >= 11 is 0.814. The molecule has 1 aromatic heterocycles. The molecule has 30 heavy (non-hydrogen) atoms. The number of nitrogens with zero attached hydrogens (tertiary/aromatic N) is 2. The van der Waals surface area contributed by atoms with Crippen LogP contribution in [0.4, 0.5) is 5.13 Å². The second-order valence-electron chi connectivity index (χ2n) is 6.82. The summed E-state index contributed by atoms with van der Waals surface area (Å²) in [4.78, 5) is 12.2. The maximum absolute atomic E-state index is 12.9. The minimum Gasteiger partial charge on any atom is -0.497 e. The monoisotopic (exact) mass is 444 g/mol. The number of carbonyl (C=O) groups excluding carboxylic acids is 1. The highest BCUT2D eigenvalue weighted by Crippen LogP contribution is 2.33. The fourth-order valence-electron chi connectivity index (χ4n) is 3.41. The van der Waals surface area contributed by atoms with Gasteiger partial charge < -0.3 is 4.74 Å². The molecule has 2 N–H and O–H groups in total. The maximum atomic E-state index is 12.9. The predicted molar refractivity (Wildman–Crippen MR) is 113 cm³/mol. The Labute approximate surface area is 178 Å². The molecule has 2 aromatic carbocycles. The summed E-state index contributed by atoms with van der Waals surface area (Å²) < 4.78 is 33.5. The Hall–Kier alpha value is -2.82. The normalized spacial score (nSPS) is 16.0. The van der Waals surface area contributed by atoms with Gasteiger partial charge in [0.2, 0.25) is 9.47 Å². The zero-order chi connectivity index (χ0) is 21.1. The Morgan fingerprint density at radius 3 is 2.73 bits per heavy atom. The molecule has 1 heterocycles. The van der Waals surface area contributed by atoms with Gasteiger partial charge in [-0.15, -0.1) is 10.2 Å². The molecule has 1 amide bonds. The summed E-state index contributed by atoms with van der Waals surface area (Å²) in [6.45, 7) is 0. The zero-order valence-electron chi connectivity index (χ0n) is 16.2. The number of methoxy groups -OCH3 is 1. The lowest BCUT2D eigenvalue weighted by Crippen LogP contribution is -2.31. The molecule has 0 fully saturated rings. The molecule has 1 atom stereocenters. The summed E-state index contributed by atoms with van der Waals surface area (Å²) in [6, 6.07) is 13.9. The van der Waals surface area contributed by atoms with Crippen LogP contribution in [0.15, 0.2) is 52.9 Å². The Kier molecular flexibility index (Phi) is 5.80. The van der Waals surface area contributed by atoms with Crippen LogP contribution in [-0.4, -0.2) is 31.6 Å². The average molecular weight is 445 g/mol. The number of hydrogen-bond acceptors (Lipinski definition) is 7. The van der Waals surface area contributed by atoms with Gasteiger partial charge in [0, 0.05) is 11.6 Å². The van der Waals surface area contributed by atoms with Crippen LogP contribution in [0.25, 0.3) is 0 Å². The van der Waals surface area contributed by atoms with Crippen molar-refractivity contribution < 1.29 is 17.9 Å². The van der Waals surface area contributed by atoms with Gasteiger partial charge in [0.25, 0.3) is 15.9 Å². The summed E-state index contributed by atoms with van der Waals surface area (Å²) in [5, 5.41) is 10.3. The third kappa shape index (κ3) is 4.35. The molecule has 0 spiro atoms. The number of benzene rings is 2. The standard InChI is InChI=1S/C20H20N4O4S2/c1-28-15-10-11-16-14(12-15)8-5-9-17(16)24-30(26,27)20-23-22-19(29-20)21-18(25)13-6-3-2-4-7-13/h2-4,6-7,10-12,17,24H,5,8-9H2,1H3,(H,21,22,25). The molecular weight excluding hydrogens is 424 g/mol. The van der Waals surface area contributed by atoms with Crippen LogP contribution in [0.2, 0.25) is 0 Å². The number of ether oxygens (including phenoxy) is 1. The third-order valence-electron chi connectivity index (χ3n) is 4.85. The highest BCUT2D eigenvalue weighted by Gasteiger charge is 2.28. The molecule has 0 radical (unpaired) electrons. The van der Waals surface area contributed by atoms with Crippen molar-refractivity contribution >= 4 is 32.4 Å². The highest BCUT2D eigenvalue weighted by molar-refractivity contribution is 7.91. The Morgan fingerprint density at radius 1 is 1.17 bits per heavy atom. The first kappa shape index (κ1) is 20.5. The second kappa shape index (κ2) is 8.50. The fraction of sp³-hybridized carbons (Fsp3) is 0.250. The van der Waals surface area contributed by atoms with Gasteiger partial charge >= 0.3 is 0 Å². The van der Waals surface area contributed by atoms with E-state index < -0.39 is 10.0 Å². The number of nitrogens with one attached hydrogen (secondary N) is 2. The zero-order valence-corrected chi connectivity index (χ0v) is 17.8. The number of rotatable bonds is 6. The van der Waals surface area contributed by atoms with Crippen LogP contribution in [0.5, 0.6) is 5.75 Å². The minimum absolute atomic E-state index is 0.123. The van der Waals surface area contributed by atoms with Crippen molar-refractivity contribution in [1.29, 1.82) is 0 Å². The van der Waals surface area contributed by atoms with E-state index in [4.69, 9.17) is 4.74 Å². The highest BCUT2D eigenvalue weighted by atomic mass is 32.2. The van der Waals surface area contributed by atoms with Gasteiger partial charge in [0.05, 0.1) is 7.11 Å². The van der Waals surface area contributed by atoms with Crippen LogP contribution in [0, 0.1) is 0 Å². The Balaban J connectivity index is 1.50. The van der Waals surface area contributed by atoms with Crippen LogP contribution >= 0.6 is 11.3 Å². The first-order valence-corrected chi connectivity index (χ1v) is 11.7. The molecule has 0 bridgehead atoms. The molecule has 8 nitrogen and oxygen atoms in total. The average Bonchev–Trinajstić information content (AvgIpc) is 3.23. The van der Waals surface area contributed by atoms with Crippen molar-refractivity contribution in [1.82, 2.24) is 14.9 Å². The van der Waals surface area contributed by atoms with E-state index >= 15 is 0 Å². The smallest absolute Gasteiger partial charge is 0.270 e. The summed E-state index contributed by atoms with van der Waals surface area (Å²) in [5.41, 5.74) is 2.46. The molecule has 3 aromatic rings. The van der Waals surface area contributed by atoms with E-state index in [-0.39, 0.29) is 21.4 Å². The SMILES string of the molecule is COc1ccc2c(c1)CCCC2NS(=O)(=O)c1nnc(NC(=O)c2ccccc2)s1. The van der Waals surface area contributed by atoms with E-state index in [1.165, 1.54) is 0 Å². The largest absolute Gasteiger partial charge is 0.497 e. The lowest BCUT2D eigenvalue weighted by molar-refractivity contribution is 0.102. The van der Waals surface area contributed by atoms with Gasteiger partial charge in [-0.1, -0.05) is 35.6 Å². The number of amides is 1. The number of hydrogen-bond donors (Lipinski definition) is 2. The van der Waals surface area contributed by atoms with Gasteiger partial charge in [-0.25, -0.2) is 13.1 Å². The van der Waals surface area contributed by atoms with Gasteiger partial charge in [-0.2, -0.15) is 0 Å². The number of anilines is 1. The van der Waals surface area contributed by atoms with Gasteiger partial charge in [-0.3, -0.25) is 10.1 Å². The molecule has 0 aliphatic heterocycles. The van der Waals surface area contributed by atoms with Crippen molar-refractivity contribution in [2.24, 2.45) is 0 Å². The molecule has 4 rings (SSSR count). The summed E-state index contributed by atoms with van der Waals surface area (Å²) in [5.74, 6) is 0.374. The van der Waals surface area contributed by atoms with Crippen LogP contribution < -0.4 is 14.8 Å². The maximum Gasteiger partial charge on any atom is 0.270 e. The lowest BCUT2D eigenvalue weighted by Gasteiger charge is -2.26. The minimum atomic E-state index is -3.89. The van der Waals surface area contributed by atoms with Crippen molar-refractivity contribution in [3.05, 3.63) is 65.2 Å². The van der Waals surface area contributed by atoms with E-state index in [0.29, 0.717) is 12.0 Å². The quantitative estimate of drug-likeness (QED) is 0.565. The van der Waals surface area contributed by atoms with E-state index in [9.17, 15) is 13.2 Å². The predicted octanol–water partition coefficient (Wildman–Crippen LogP) is 3.15. The van der Waals surface area contributed by atoms with Crippen LogP contribution in [-0.2, 0) is 16.4 Å². The van der Waals surface area contributed by atoms with Gasteiger partial charge in [0.15, 0.2) is 0 Å². The first-order valence-electron chi connectivity index (χ1n) is 9.35. The number of carbonyl (C=O) groups is 1. The molecule has 1 unspecified atom stereocenters. The number of fused-ring (bicyclic) bond motifs is 1. The van der Waals surface area contributed by atoms with E-state index in [0.717, 1.165) is 41.1 Å². The fourth-order valence-corrected chi connectivity index (χ4v) is 5.57. The second-order valence-corrected chi connectivity index (χ2v) is 9.69. The van der Waals surface area contributed by atoms with Gasteiger partial charge in [-0.05, 0) is 54.7 Å². The van der Waals surface area contributed by atoms with E-state index in [1.54, 1.807) is 37.4 Å². The van der Waals surface area contributed by atoms with Crippen molar-refractivity contribution in [2.45, 2.75) is 29.6 Å². The van der Waals surface area contributed by atoms with E-state index in [2.05, 4.69) is 20.2 Å². The lowest BCUT2D eigenvalue weighted by atomic mass is 9.88. The third-order valence-corrected chi connectivity index (χ3v) is 7.53. The molecule has 10 heteroatoms.